The van der Waals surface area contributed by atoms with Crippen molar-refractivity contribution in [2.24, 2.45) is 11.8 Å². The van der Waals surface area contributed by atoms with Crippen molar-refractivity contribution in [3.63, 3.8) is 0 Å². The normalized spacial score (nSPS) is 23.6. The molecule has 0 amide bonds. The maximum atomic E-state index is 9.31. The maximum absolute atomic E-state index is 9.31. The number of furan rings is 1. The van der Waals surface area contributed by atoms with E-state index >= 15 is 0 Å². The Labute approximate surface area is 106 Å². The summed E-state index contributed by atoms with van der Waals surface area (Å²) in [7, 11) is 0. The van der Waals surface area contributed by atoms with Gasteiger partial charge in [-0.15, -0.1) is 0 Å². The monoisotopic (exact) mass is 246 g/mol. The van der Waals surface area contributed by atoms with Gasteiger partial charge in [0.25, 0.3) is 0 Å². The largest absolute Gasteiger partial charge is 0.464 e. The molecule has 2 atom stereocenters. The highest BCUT2D eigenvalue weighted by atomic mass is 16.3. The molecule has 2 aromatic heterocycles. The average molecular weight is 246 g/mol. The highest BCUT2D eigenvalue weighted by molar-refractivity contribution is 5.87. The van der Waals surface area contributed by atoms with Crippen LogP contribution in [0.5, 0.6) is 0 Å². The second-order valence-corrected chi connectivity index (χ2v) is 5.01. The lowest BCUT2D eigenvalue weighted by molar-refractivity contribution is 0.199. The summed E-state index contributed by atoms with van der Waals surface area (Å²) in [6.45, 7) is 1.18. The van der Waals surface area contributed by atoms with Crippen LogP contribution in [0.15, 0.2) is 29.0 Å². The summed E-state index contributed by atoms with van der Waals surface area (Å²) in [6, 6.07) is 3.80. The molecule has 0 saturated heterocycles. The number of aromatic nitrogens is 1. The molecule has 1 aliphatic carbocycles. The standard InChI is InChI=1S/C14H18N2O2/c17-9-11-3-1-2-10(11)8-16-14-12-5-7-18-13(12)4-6-15-14/h4-7,10-11,17H,1-3,8-9H2,(H,15,16). The van der Waals surface area contributed by atoms with E-state index in [1.54, 1.807) is 12.5 Å². The molecule has 4 heteroatoms. The predicted octanol–water partition coefficient (Wildman–Crippen LogP) is 2.65. The van der Waals surface area contributed by atoms with Crippen LogP contribution in [0.3, 0.4) is 0 Å². The van der Waals surface area contributed by atoms with Gasteiger partial charge < -0.3 is 14.8 Å². The second kappa shape index (κ2) is 4.98. The summed E-state index contributed by atoms with van der Waals surface area (Å²) in [6.07, 6.45) is 7.00. The van der Waals surface area contributed by atoms with Crippen molar-refractivity contribution in [3.8, 4) is 0 Å². The Morgan fingerprint density at radius 1 is 1.33 bits per heavy atom. The molecule has 0 aromatic carbocycles. The van der Waals surface area contributed by atoms with Gasteiger partial charge in [0.2, 0.25) is 0 Å². The zero-order valence-electron chi connectivity index (χ0n) is 10.3. The quantitative estimate of drug-likeness (QED) is 0.870. The van der Waals surface area contributed by atoms with E-state index in [0.717, 1.165) is 29.8 Å². The number of fused-ring (bicyclic) bond motifs is 1. The van der Waals surface area contributed by atoms with Crippen LogP contribution in [0.25, 0.3) is 11.0 Å². The lowest BCUT2D eigenvalue weighted by atomic mass is 9.97. The molecular weight excluding hydrogens is 228 g/mol. The summed E-state index contributed by atoms with van der Waals surface area (Å²) in [5, 5.41) is 13.7. The summed E-state index contributed by atoms with van der Waals surface area (Å²) in [5.41, 5.74) is 0.859. The Hall–Kier alpha value is -1.55. The van der Waals surface area contributed by atoms with Crippen LogP contribution in [0.2, 0.25) is 0 Å². The molecule has 3 rings (SSSR count). The van der Waals surface area contributed by atoms with Crippen molar-refractivity contribution < 1.29 is 9.52 Å². The van der Waals surface area contributed by atoms with E-state index in [4.69, 9.17) is 4.42 Å². The number of anilines is 1. The minimum Gasteiger partial charge on any atom is -0.464 e. The van der Waals surface area contributed by atoms with Crippen LogP contribution in [0, 0.1) is 11.8 Å². The van der Waals surface area contributed by atoms with E-state index in [0.29, 0.717) is 18.4 Å². The van der Waals surface area contributed by atoms with Crippen molar-refractivity contribution in [3.05, 3.63) is 24.6 Å². The van der Waals surface area contributed by atoms with Crippen LogP contribution < -0.4 is 5.32 Å². The fraction of sp³-hybridized carbons (Fsp3) is 0.500. The molecule has 1 fully saturated rings. The Morgan fingerprint density at radius 3 is 3.11 bits per heavy atom. The molecule has 0 bridgehead atoms. The van der Waals surface area contributed by atoms with E-state index in [-0.39, 0.29) is 0 Å². The molecule has 0 radical (unpaired) electrons. The van der Waals surface area contributed by atoms with Crippen molar-refractivity contribution in [1.82, 2.24) is 4.98 Å². The SMILES string of the molecule is OCC1CCCC1CNc1nccc2occc12. The third kappa shape index (κ3) is 2.08. The third-order valence-electron chi connectivity index (χ3n) is 3.96. The van der Waals surface area contributed by atoms with Gasteiger partial charge in [0.15, 0.2) is 0 Å². The molecule has 0 spiro atoms. The molecule has 1 saturated carbocycles. The van der Waals surface area contributed by atoms with Crippen molar-refractivity contribution in [1.29, 1.82) is 0 Å². The van der Waals surface area contributed by atoms with Crippen LogP contribution in [-0.2, 0) is 0 Å². The minimum atomic E-state index is 0.301. The Balaban J connectivity index is 1.71. The van der Waals surface area contributed by atoms with E-state index < -0.39 is 0 Å². The van der Waals surface area contributed by atoms with Gasteiger partial charge in [-0.3, -0.25) is 0 Å². The molecule has 2 aromatic rings. The van der Waals surface area contributed by atoms with Gasteiger partial charge in [-0.05, 0) is 36.8 Å². The van der Waals surface area contributed by atoms with E-state index in [1.165, 1.54) is 12.8 Å². The minimum absolute atomic E-state index is 0.301. The van der Waals surface area contributed by atoms with Crippen LogP contribution in [-0.4, -0.2) is 23.2 Å². The Bertz CT molecular complexity index is 523. The first-order valence-corrected chi connectivity index (χ1v) is 6.55. The number of nitrogens with zero attached hydrogens (tertiary/aromatic N) is 1. The number of aliphatic hydroxyl groups is 1. The number of nitrogens with one attached hydrogen (secondary N) is 1. The fourth-order valence-electron chi connectivity index (χ4n) is 2.89. The average Bonchev–Trinajstić information content (AvgIpc) is 3.04. The molecule has 2 unspecified atom stereocenters. The number of hydrogen-bond donors (Lipinski definition) is 2. The molecule has 1 aliphatic rings. The molecule has 2 heterocycles. The lowest BCUT2D eigenvalue weighted by Gasteiger charge is -2.18. The van der Waals surface area contributed by atoms with Gasteiger partial charge >= 0.3 is 0 Å². The second-order valence-electron chi connectivity index (χ2n) is 5.01. The Kier molecular flexibility index (Phi) is 3.19. The molecular formula is C14H18N2O2. The van der Waals surface area contributed by atoms with Gasteiger partial charge in [-0.25, -0.2) is 4.98 Å². The molecule has 0 aliphatic heterocycles. The van der Waals surface area contributed by atoms with Gasteiger partial charge in [0, 0.05) is 19.3 Å². The van der Waals surface area contributed by atoms with E-state index in [1.807, 2.05) is 12.1 Å². The van der Waals surface area contributed by atoms with Gasteiger partial charge in [0.05, 0.1) is 11.6 Å². The van der Waals surface area contributed by atoms with Crippen molar-refractivity contribution in [2.75, 3.05) is 18.5 Å². The third-order valence-corrected chi connectivity index (χ3v) is 3.96. The Morgan fingerprint density at radius 2 is 2.22 bits per heavy atom. The van der Waals surface area contributed by atoms with Crippen LogP contribution >= 0.6 is 0 Å². The van der Waals surface area contributed by atoms with Gasteiger partial charge in [0.1, 0.15) is 11.4 Å². The van der Waals surface area contributed by atoms with Crippen LogP contribution in [0.4, 0.5) is 5.82 Å². The summed E-state index contributed by atoms with van der Waals surface area (Å²) < 4.78 is 5.35. The smallest absolute Gasteiger partial charge is 0.139 e. The van der Waals surface area contributed by atoms with Gasteiger partial charge in [-0.2, -0.15) is 0 Å². The van der Waals surface area contributed by atoms with Gasteiger partial charge in [-0.1, -0.05) is 6.42 Å². The first-order chi connectivity index (χ1) is 8.88. The molecule has 96 valence electrons. The van der Waals surface area contributed by atoms with E-state index in [2.05, 4.69) is 10.3 Å². The van der Waals surface area contributed by atoms with Crippen molar-refractivity contribution >= 4 is 16.8 Å². The van der Waals surface area contributed by atoms with Crippen molar-refractivity contribution in [2.45, 2.75) is 19.3 Å². The highest BCUT2D eigenvalue weighted by Gasteiger charge is 2.26. The van der Waals surface area contributed by atoms with Crippen LogP contribution in [0.1, 0.15) is 19.3 Å². The maximum Gasteiger partial charge on any atom is 0.139 e. The lowest BCUT2D eigenvalue weighted by Crippen LogP contribution is -2.21. The summed E-state index contributed by atoms with van der Waals surface area (Å²) >= 11 is 0. The first-order valence-electron chi connectivity index (χ1n) is 6.55. The summed E-state index contributed by atoms with van der Waals surface area (Å²) in [5.74, 6) is 1.88. The number of aliphatic hydroxyl groups excluding tert-OH is 1. The molecule has 18 heavy (non-hydrogen) atoms. The molecule has 2 N–H and O–H groups in total. The number of hydrogen-bond acceptors (Lipinski definition) is 4. The first kappa shape index (κ1) is 11.5. The predicted molar refractivity (Wildman–Crippen MR) is 70.4 cm³/mol. The zero-order chi connectivity index (χ0) is 12.4. The molecule has 4 nitrogen and oxygen atoms in total. The van der Waals surface area contributed by atoms with E-state index in [9.17, 15) is 5.11 Å². The zero-order valence-corrected chi connectivity index (χ0v) is 10.3. The topological polar surface area (TPSA) is 58.3 Å². The fourth-order valence-corrected chi connectivity index (χ4v) is 2.89. The highest BCUT2D eigenvalue weighted by Crippen LogP contribution is 2.32. The summed E-state index contributed by atoms with van der Waals surface area (Å²) in [4.78, 5) is 4.36. The number of pyridine rings is 1. The number of rotatable bonds is 4.